The molecular formula is C14H29NO2. The fourth-order valence-electron chi connectivity index (χ4n) is 2.19. The summed E-state index contributed by atoms with van der Waals surface area (Å²) in [5.74, 6) is -0.701. The van der Waals surface area contributed by atoms with Gasteiger partial charge in [-0.1, -0.05) is 46.0 Å². The maximum Gasteiger partial charge on any atom is 0.320 e. The van der Waals surface area contributed by atoms with Gasteiger partial charge in [0.05, 0.1) is 0 Å². The summed E-state index contributed by atoms with van der Waals surface area (Å²) in [6, 6.07) is 0.0262. The van der Waals surface area contributed by atoms with Gasteiger partial charge in [0.25, 0.3) is 0 Å². The molecule has 0 aromatic heterocycles. The smallest absolute Gasteiger partial charge is 0.320 e. The number of unbranched alkanes of at least 4 members (excludes halogenated alkanes) is 4. The minimum Gasteiger partial charge on any atom is -0.480 e. The standard InChI is InChI=1S/C14H29NO2/c1-5-7-8-9-10-11-12(3)15(4)13(6-2)14(16)17/h12-13H,5-11H2,1-4H3,(H,16,17). The van der Waals surface area contributed by atoms with Gasteiger partial charge in [-0.05, 0) is 26.8 Å². The Bertz CT molecular complexity index is 206. The number of rotatable bonds is 10. The molecule has 0 bridgehead atoms. The zero-order valence-electron chi connectivity index (χ0n) is 11.9. The zero-order chi connectivity index (χ0) is 13.3. The number of carbonyl (C=O) groups is 1. The van der Waals surface area contributed by atoms with Crippen molar-refractivity contribution in [3.63, 3.8) is 0 Å². The lowest BCUT2D eigenvalue weighted by molar-refractivity contribution is -0.143. The Kier molecular flexibility index (Phi) is 9.14. The van der Waals surface area contributed by atoms with Crippen LogP contribution in [0.5, 0.6) is 0 Å². The van der Waals surface area contributed by atoms with Crippen LogP contribution < -0.4 is 0 Å². The van der Waals surface area contributed by atoms with E-state index in [1.54, 1.807) is 0 Å². The summed E-state index contributed by atoms with van der Waals surface area (Å²) in [7, 11) is 1.93. The van der Waals surface area contributed by atoms with Crippen molar-refractivity contribution in [2.24, 2.45) is 0 Å². The van der Waals surface area contributed by atoms with Crippen molar-refractivity contribution in [2.75, 3.05) is 7.05 Å². The number of carboxylic acid groups (broad SMARTS) is 1. The molecule has 0 heterocycles. The number of hydrogen-bond donors (Lipinski definition) is 1. The van der Waals surface area contributed by atoms with Gasteiger partial charge < -0.3 is 5.11 Å². The summed E-state index contributed by atoms with van der Waals surface area (Å²) in [6.45, 7) is 6.28. The third-order valence-electron chi connectivity index (χ3n) is 3.58. The molecule has 0 saturated carbocycles. The van der Waals surface area contributed by atoms with Crippen LogP contribution in [0.1, 0.15) is 65.7 Å². The van der Waals surface area contributed by atoms with E-state index in [0.29, 0.717) is 12.5 Å². The molecular weight excluding hydrogens is 214 g/mol. The highest BCUT2D eigenvalue weighted by molar-refractivity contribution is 5.73. The fourth-order valence-corrected chi connectivity index (χ4v) is 2.19. The van der Waals surface area contributed by atoms with Gasteiger partial charge in [-0.2, -0.15) is 0 Å². The van der Waals surface area contributed by atoms with Crippen molar-refractivity contribution in [3.8, 4) is 0 Å². The van der Waals surface area contributed by atoms with Crippen LogP contribution in [0.3, 0.4) is 0 Å². The predicted octanol–water partition coefficient (Wildman–Crippen LogP) is 3.53. The van der Waals surface area contributed by atoms with Crippen LogP contribution in [0, 0.1) is 0 Å². The van der Waals surface area contributed by atoms with Gasteiger partial charge >= 0.3 is 5.97 Å². The first-order valence-corrected chi connectivity index (χ1v) is 6.99. The van der Waals surface area contributed by atoms with Gasteiger partial charge in [-0.15, -0.1) is 0 Å². The molecule has 0 fully saturated rings. The quantitative estimate of drug-likeness (QED) is 0.597. The Morgan fingerprint density at radius 1 is 1.18 bits per heavy atom. The van der Waals surface area contributed by atoms with Crippen LogP contribution in [0.25, 0.3) is 0 Å². The van der Waals surface area contributed by atoms with Crippen molar-refractivity contribution in [1.29, 1.82) is 0 Å². The second-order valence-corrected chi connectivity index (χ2v) is 4.98. The van der Waals surface area contributed by atoms with Crippen molar-refractivity contribution in [2.45, 2.75) is 77.8 Å². The van der Waals surface area contributed by atoms with Crippen LogP contribution in [0.15, 0.2) is 0 Å². The summed E-state index contributed by atoms with van der Waals surface area (Å²) >= 11 is 0. The lowest BCUT2D eigenvalue weighted by Crippen LogP contribution is -2.43. The summed E-state index contributed by atoms with van der Waals surface area (Å²) < 4.78 is 0. The van der Waals surface area contributed by atoms with E-state index in [1.807, 2.05) is 18.9 Å². The average molecular weight is 243 g/mol. The number of carboxylic acids is 1. The molecule has 3 nitrogen and oxygen atoms in total. The van der Waals surface area contributed by atoms with E-state index in [9.17, 15) is 4.79 Å². The lowest BCUT2D eigenvalue weighted by Gasteiger charge is -2.29. The second-order valence-electron chi connectivity index (χ2n) is 4.98. The van der Waals surface area contributed by atoms with Crippen molar-refractivity contribution in [1.82, 2.24) is 4.90 Å². The van der Waals surface area contributed by atoms with Crippen LogP contribution in [0.2, 0.25) is 0 Å². The third kappa shape index (κ3) is 6.67. The highest BCUT2D eigenvalue weighted by Gasteiger charge is 2.23. The Morgan fingerprint density at radius 3 is 2.24 bits per heavy atom. The number of nitrogens with zero attached hydrogens (tertiary/aromatic N) is 1. The largest absolute Gasteiger partial charge is 0.480 e. The topological polar surface area (TPSA) is 40.5 Å². The van der Waals surface area contributed by atoms with E-state index < -0.39 is 5.97 Å². The van der Waals surface area contributed by atoms with E-state index >= 15 is 0 Å². The first-order chi connectivity index (χ1) is 8.04. The van der Waals surface area contributed by atoms with Crippen molar-refractivity contribution >= 4 is 5.97 Å². The van der Waals surface area contributed by atoms with Gasteiger partial charge in [0, 0.05) is 6.04 Å². The molecule has 2 atom stereocenters. The first kappa shape index (κ1) is 16.4. The molecule has 0 aliphatic carbocycles. The number of likely N-dealkylation sites (N-methyl/N-ethyl adjacent to an activating group) is 1. The maximum atomic E-state index is 11.0. The number of aliphatic carboxylic acids is 1. The second kappa shape index (κ2) is 9.46. The fraction of sp³-hybridized carbons (Fsp3) is 0.929. The van der Waals surface area contributed by atoms with E-state index in [-0.39, 0.29) is 6.04 Å². The molecule has 102 valence electrons. The van der Waals surface area contributed by atoms with Crippen molar-refractivity contribution < 1.29 is 9.90 Å². The highest BCUT2D eigenvalue weighted by Crippen LogP contribution is 2.14. The molecule has 17 heavy (non-hydrogen) atoms. The maximum absolute atomic E-state index is 11.0. The molecule has 0 aliphatic heterocycles. The van der Waals surface area contributed by atoms with E-state index in [4.69, 9.17) is 5.11 Å². The SMILES string of the molecule is CCCCCCCC(C)N(C)C(CC)C(=O)O. The molecule has 0 spiro atoms. The van der Waals surface area contributed by atoms with Gasteiger partial charge in [-0.25, -0.2) is 0 Å². The Balaban J connectivity index is 3.87. The molecule has 2 unspecified atom stereocenters. The molecule has 0 aromatic carbocycles. The van der Waals surface area contributed by atoms with Gasteiger partial charge in [0.2, 0.25) is 0 Å². The molecule has 1 N–H and O–H groups in total. The first-order valence-electron chi connectivity index (χ1n) is 6.99. The lowest BCUT2D eigenvalue weighted by atomic mass is 10.0. The molecule has 0 aliphatic rings. The monoisotopic (exact) mass is 243 g/mol. The van der Waals surface area contributed by atoms with Crippen LogP contribution in [-0.4, -0.2) is 35.1 Å². The molecule has 0 amide bonds. The Labute approximate surface area is 106 Å². The zero-order valence-corrected chi connectivity index (χ0v) is 11.9. The van der Waals surface area contributed by atoms with E-state index in [0.717, 1.165) is 6.42 Å². The normalized spacial score (nSPS) is 14.9. The van der Waals surface area contributed by atoms with Gasteiger partial charge in [-0.3, -0.25) is 9.69 Å². The number of hydrogen-bond acceptors (Lipinski definition) is 2. The molecule has 0 radical (unpaired) electrons. The summed E-state index contributed by atoms with van der Waals surface area (Å²) in [5.41, 5.74) is 0. The van der Waals surface area contributed by atoms with E-state index in [1.165, 1.54) is 32.1 Å². The van der Waals surface area contributed by atoms with Crippen molar-refractivity contribution in [3.05, 3.63) is 0 Å². The minimum absolute atomic E-state index is 0.333. The van der Waals surface area contributed by atoms with Crippen LogP contribution in [0.4, 0.5) is 0 Å². The van der Waals surface area contributed by atoms with Gasteiger partial charge in [0.15, 0.2) is 0 Å². The Morgan fingerprint density at radius 2 is 1.76 bits per heavy atom. The molecule has 0 saturated heterocycles. The minimum atomic E-state index is -0.701. The summed E-state index contributed by atoms with van der Waals surface area (Å²) in [5, 5.41) is 9.09. The molecule has 3 heteroatoms. The predicted molar refractivity (Wildman–Crippen MR) is 72.3 cm³/mol. The molecule has 0 aromatic rings. The Hall–Kier alpha value is -0.570. The summed E-state index contributed by atoms with van der Waals surface area (Å²) in [4.78, 5) is 13.1. The van der Waals surface area contributed by atoms with E-state index in [2.05, 4.69) is 13.8 Å². The van der Waals surface area contributed by atoms with Crippen LogP contribution in [-0.2, 0) is 4.79 Å². The van der Waals surface area contributed by atoms with Gasteiger partial charge in [0.1, 0.15) is 6.04 Å². The summed E-state index contributed by atoms with van der Waals surface area (Å²) in [6.07, 6.45) is 8.15. The third-order valence-corrected chi connectivity index (χ3v) is 3.58. The average Bonchev–Trinajstić information content (AvgIpc) is 2.28. The molecule has 0 rings (SSSR count). The van der Waals surface area contributed by atoms with Crippen LogP contribution >= 0.6 is 0 Å². The highest BCUT2D eigenvalue weighted by atomic mass is 16.4.